The van der Waals surface area contributed by atoms with E-state index in [4.69, 9.17) is 14.0 Å². The van der Waals surface area contributed by atoms with Crippen molar-refractivity contribution in [3.05, 3.63) is 48.2 Å². The molecule has 0 atom stereocenters. The second-order valence-electron chi connectivity index (χ2n) is 7.48. The number of benzene rings is 1. The molecule has 0 radical (unpaired) electrons. The SMILES string of the molecule is CCOc1ncc(B2OC(C)(C)C(C)(C)O2)cc1NCc1ccccc1. The van der Waals surface area contributed by atoms with Gasteiger partial charge < -0.3 is 19.4 Å². The summed E-state index contributed by atoms with van der Waals surface area (Å²) in [6.07, 6.45) is 1.76. The van der Waals surface area contributed by atoms with E-state index in [0.29, 0.717) is 19.0 Å². The van der Waals surface area contributed by atoms with Crippen molar-refractivity contribution in [2.24, 2.45) is 0 Å². The van der Waals surface area contributed by atoms with E-state index in [0.717, 1.165) is 11.2 Å². The van der Waals surface area contributed by atoms with Gasteiger partial charge in [-0.15, -0.1) is 0 Å². The van der Waals surface area contributed by atoms with E-state index in [1.54, 1.807) is 6.20 Å². The van der Waals surface area contributed by atoms with Crippen LogP contribution >= 0.6 is 0 Å². The lowest BCUT2D eigenvalue weighted by atomic mass is 9.80. The van der Waals surface area contributed by atoms with E-state index < -0.39 is 7.12 Å². The molecule has 0 saturated carbocycles. The summed E-state index contributed by atoms with van der Waals surface area (Å²) in [6.45, 7) is 11.4. The third-order valence-corrected chi connectivity index (χ3v) is 5.00. The zero-order valence-corrected chi connectivity index (χ0v) is 16.2. The maximum Gasteiger partial charge on any atom is 0.496 e. The first-order valence-electron chi connectivity index (χ1n) is 9.08. The summed E-state index contributed by atoms with van der Waals surface area (Å²) in [5, 5.41) is 3.42. The Morgan fingerprint density at radius 1 is 1.08 bits per heavy atom. The number of nitrogens with one attached hydrogen (secondary N) is 1. The predicted molar refractivity (Wildman–Crippen MR) is 105 cm³/mol. The van der Waals surface area contributed by atoms with E-state index in [1.165, 1.54) is 5.56 Å². The first-order chi connectivity index (χ1) is 12.3. The summed E-state index contributed by atoms with van der Waals surface area (Å²) >= 11 is 0. The Hall–Kier alpha value is -2.05. The van der Waals surface area contributed by atoms with Crippen LogP contribution in [-0.2, 0) is 15.9 Å². The second-order valence-corrected chi connectivity index (χ2v) is 7.48. The van der Waals surface area contributed by atoms with Crippen molar-refractivity contribution in [2.45, 2.75) is 52.4 Å². The Morgan fingerprint density at radius 3 is 2.35 bits per heavy atom. The number of anilines is 1. The van der Waals surface area contributed by atoms with E-state index >= 15 is 0 Å². The highest BCUT2D eigenvalue weighted by molar-refractivity contribution is 6.62. The quantitative estimate of drug-likeness (QED) is 0.806. The number of hydrogen-bond donors (Lipinski definition) is 1. The van der Waals surface area contributed by atoms with Crippen LogP contribution in [0.25, 0.3) is 0 Å². The predicted octanol–water partition coefficient (Wildman–Crippen LogP) is 3.39. The van der Waals surface area contributed by atoms with Crippen molar-refractivity contribution in [1.82, 2.24) is 4.98 Å². The van der Waals surface area contributed by atoms with Gasteiger partial charge in [0.25, 0.3) is 0 Å². The number of ether oxygens (including phenoxy) is 1. The summed E-state index contributed by atoms with van der Waals surface area (Å²) in [7, 11) is -0.444. The number of aromatic nitrogens is 1. The standard InChI is InChI=1S/C20H27BN2O3/c1-6-24-18-17(22-13-15-10-8-7-9-11-15)12-16(14-23-18)21-25-19(2,3)20(4,5)26-21/h7-12,14,22H,6,13H2,1-5H3. The normalized spacial score (nSPS) is 18.0. The molecule has 1 N–H and O–H groups in total. The van der Waals surface area contributed by atoms with Gasteiger partial charge in [-0.1, -0.05) is 30.3 Å². The maximum absolute atomic E-state index is 6.14. The van der Waals surface area contributed by atoms with E-state index in [2.05, 4.69) is 22.4 Å². The molecule has 26 heavy (non-hydrogen) atoms. The first-order valence-corrected chi connectivity index (χ1v) is 9.08. The molecule has 5 nitrogen and oxygen atoms in total. The highest BCUT2D eigenvalue weighted by Gasteiger charge is 2.51. The Kier molecular flexibility index (Phi) is 5.25. The van der Waals surface area contributed by atoms with Crippen LogP contribution in [0.5, 0.6) is 5.88 Å². The smallest absolute Gasteiger partial charge is 0.476 e. The minimum atomic E-state index is -0.444. The van der Waals surface area contributed by atoms with Crippen LogP contribution in [0.15, 0.2) is 42.6 Å². The fourth-order valence-electron chi connectivity index (χ4n) is 2.75. The van der Waals surface area contributed by atoms with Crippen LogP contribution in [-0.4, -0.2) is 29.9 Å². The Morgan fingerprint density at radius 2 is 1.73 bits per heavy atom. The third-order valence-electron chi connectivity index (χ3n) is 5.00. The average Bonchev–Trinajstić information content (AvgIpc) is 2.83. The van der Waals surface area contributed by atoms with Gasteiger partial charge in [-0.25, -0.2) is 4.98 Å². The highest BCUT2D eigenvalue weighted by atomic mass is 16.7. The zero-order valence-electron chi connectivity index (χ0n) is 16.2. The molecular formula is C20H27BN2O3. The van der Waals surface area contributed by atoms with Crippen molar-refractivity contribution < 1.29 is 14.0 Å². The van der Waals surface area contributed by atoms with E-state index in [9.17, 15) is 0 Å². The van der Waals surface area contributed by atoms with Crippen molar-refractivity contribution in [3.63, 3.8) is 0 Å². The van der Waals surface area contributed by atoms with Crippen LogP contribution in [0.2, 0.25) is 0 Å². The van der Waals surface area contributed by atoms with E-state index in [-0.39, 0.29) is 11.2 Å². The number of pyridine rings is 1. The Labute approximate surface area is 156 Å². The minimum absolute atomic E-state index is 0.381. The molecule has 0 amide bonds. The van der Waals surface area contributed by atoms with Crippen LogP contribution in [0.1, 0.15) is 40.2 Å². The third kappa shape index (κ3) is 3.86. The maximum atomic E-state index is 6.14. The van der Waals surface area contributed by atoms with Gasteiger partial charge >= 0.3 is 7.12 Å². The van der Waals surface area contributed by atoms with Crippen molar-refractivity contribution in [3.8, 4) is 5.88 Å². The molecule has 0 bridgehead atoms. The van der Waals surface area contributed by atoms with Gasteiger partial charge in [0, 0.05) is 18.2 Å². The van der Waals surface area contributed by atoms with Crippen LogP contribution in [0, 0.1) is 0 Å². The summed E-state index contributed by atoms with van der Waals surface area (Å²) in [5.74, 6) is 0.587. The molecule has 0 spiro atoms. The molecule has 0 unspecified atom stereocenters. The fourth-order valence-corrected chi connectivity index (χ4v) is 2.75. The van der Waals surface area contributed by atoms with Crippen LogP contribution < -0.4 is 15.5 Å². The molecule has 1 aliphatic heterocycles. The minimum Gasteiger partial charge on any atom is -0.476 e. The summed E-state index contributed by atoms with van der Waals surface area (Å²) in [4.78, 5) is 4.48. The summed E-state index contributed by atoms with van der Waals surface area (Å²) in [5.41, 5.74) is 2.14. The number of nitrogens with zero attached hydrogens (tertiary/aromatic N) is 1. The molecular weight excluding hydrogens is 327 g/mol. The molecule has 2 aromatic rings. The monoisotopic (exact) mass is 354 g/mol. The van der Waals surface area contributed by atoms with E-state index in [1.807, 2.05) is 58.9 Å². The Balaban J connectivity index is 1.82. The molecule has 1 aromatic heterocycles. The molecule has 1 aliphatic rings. The number of hydrogen-bond acceptors (Lipinski definition) is 5. The Bertz CT molecular complexity index is 734. The van der Waals surface area contributed by atoms with Gasteiger partial charge in [0.1, 0.15) is 0 Å². The lowest BCUT2D eigenvalue weighted by molar-refractivity contribution is 0.00578. The highest BCUT2D eigenvalue weighted by Crippen LogP contribution is 2.36. The van der Waals surface area contributed by atoms with Gasteiger partial charge in [-0.05, 0) is 46.2 Å². The van der Waals surface area contributed by atoms with Crippen LogP contribution in [0.4, 0.5) is 5.69 Å². The molecule has 6 heteroatoms. The lowest BCUT2D eigenvalue weighted by Crippen LogP contribution is -2.41. The largest absolute Gasteiger partial charge is 0.496 e. The summed E-state index contributed by atoms with van der Waals surface area (Å²) in [6, 6.07) is 12.2. The van der Waals surface area contributed by atoms with Crippen molar-refractivity contribution in [1.29, 1.82) is 0 Å². The molecule has 3 rings (SSSR count). The van der Waals surface area contributed by atoms with Gasteiger partial charge in [0.05, 0.1) is 23.5 Å². The topological polar surface area (TPSA) is 52.6 Å². The molecule has 1 aromatic carbocycles. The molecule has 0 aliphatic carbocycles. The van der Waals surface area contributed by atoms with Crippen molar-refractivity contribution >= 4 is 18.3 Å². The fraction of sp³-hybridized carbons (Fsp3) is 0.450. The van der Waals surface area contributed by atoms with Gasteiger partial charge in [0.15, 0.2) is 0 Å². The second kappa shape index (κ2) is 7.29. The lowest BCUT2D eigenvalue weighted by Gasteiger charge is -2.32. The van der Waals surface area contributed by atoms with Crippen molar-refractivity contribution in [2.75, 3.05) is 11.9 Å². The van der Waals surface area contributed by atoms with Gasteiger partial charge in [-0.3, -0.25) is 0 Å². The first kappa shape index (κ1) is 18.7. The van der Waals surface area contributed by atoms with Gasteiger partial charge in [-0.2, -0.15) is 0 Å². The molecule has 2 heterocycles. The van der Waals surface area contributed by atoms with Gasteiger partial charge in [0.2, 0.25) is 5.88 Å². The summed E-state index contributed by atoms with van der Waals surface area (Å²) < 4.78 is 17.9. The molecule has 1 saturated heterocycles. The molecule has 138 valence electrons. The number of rotatable bonds is 6. The zero-order chi connectivity index (χ0) is 18.8. The van der Waals surface area contributed by atoms with Crippen LogP contribution in [0.3, 0.4) is 0 Å². The average molecular weight is 354 g/mol. The molecule has 1 fully saturated rings.